The van der Waals surface area contributed by atoms with Gasteiger partial charge in [-0.2, -0.15) is 0 Å². The summed E-state index contributed by atoms with van der Waals surface area (Å²) in [5.74, 6) is 2.08. The lowest BCUT2D eigenvalue weighted by Gasteiger charge is -2.23. The number of rotatable bonds is 40. The van der Waals surface area contributed by atoms with E-state index in [1.807, 2.05) is 0 Å². The minimum absolute atomic E-state index is 0.0310. The SMILES string of the molecule is CCCCCCCCC(C)CC(=O)S.CCCCCCCCC(C)CC(=O)S.CCCCCCCCC(C)CC(=O)S.CCCCCCCCC(C)CC(=O)S.OCC(CO)(CO)CO. The largest absolute Gasteiger partial charge is 0.396 e. The first-order valence-electron chi connectivity index (χ1n) is 26.2. The maximum absolute atomic E-state index is 10.7. The van der Waals surface area contributed by atoms with E-state index in [9.17, 15) is 19.2 Å². The molecular weight excluding hydrogens is 893 g/mol. The van der Waals surface area contributed by atoms with E-state index in [-0.39, 0.29) is 20.5 Å². The predicted molar refractivity (Wildman–Crippen MR) is 294 cm³/mol. The zero-order valence-corrected chi connectivity index (χ0v) is 47.1. The third-order valence-corrected chi connectivity index (χ3v) is 12.4. The van der Waals surface area contributed by atoms with Crippen molar-refractivity contribution in [1.82, 2.24) is 0 Å². The molecule has 0 spiro atoms. The molecule has 0 heterocycles. The standard InChI is InChI=1S/4C12H24OS.C5H12O4/c4*1-3-4-5-6-7-8-9-11(2)10-12(13)14;6-1-5(2-7,3-8)4-9/h4*11H,3-10H2,1-2H3,(H,13,14);6-9H,1-4H2. The van der Waals surface area contributed by atoms with Gasteiger partial charge in [-0.25, -0.2) is 0 Å². The molecule has 4 atom stereocenters. The second kappa shape index (κ2) is 58.2. The van der Waals surface area contributed by atoms with Gasteiger partial charge < -0.3 is 20.4 Å². The Hall–Kier alpha value is -0.0800. The minimum Gasteiger partial charge on any atom is -0.396 e. The van der Waals surface area contributed by atoms with Crippen LogP contribution < -0.4 is 0 Å². The van der Waals surface area contributed by atoms with Crippen molar-refractivity contribution in [2.75, 3.05) is 26.4 Å². The third kappa shape index (κ3) is 68.3. The second-order valence-corrected chi connectivity index (χ2v) is 21.2. The average molecular weight is 1000 g/mol. The van der Waals surface area contributed by atoms with Gasteiger partial charge in [-0.15, -0.1) is 50.5 Å². The van der Waals surface area contributed by atoms with Crippen LogP contribution in [0.4, 0.5) is 0 Å². The van der Waals surface area contributed by atoms with E-state index >= 15 is 0 Å². The Kier molecular flexibility index (Phi) is 66.2. The summed E-state index contributed by atoms with van der Waals surface area (Å²) in [6.45, 7) is 15.9. The maximum atomic E-state index is 10.7. The van der Waals surface area contributed by atoms with Gasteiger partial charge in [0.25, 0.3) is 0 Å². The maximum Gasteiger partial charge on any atom is 0.186 e. The van der Waals surface area contributed by atoms with Gasteiger partial charge in [0, 0.05) is 25.7 Å². The van der Waals surface area contributed by atoms with E-state index in [2.05, 4.69) is 106 Å². The molecule has 0 aliphatic carbocycles. The molecular formula is C53H108O8S4. The van der Waals surface area contributed by atoms with Gasteiger partial charge in [0.15, 0.2) is 20.5 Å². The molecule has 12 heteroatoms. The van der Waals surface area contributed by atoms with Crippen molar-refractivity contribution in [3.63, 3.8) is 0 Å². The first-order chi connectivity index (χ1) is 30.9. The Morgan fingerprint density at radius 2 is 0.477 bits per heavy atom. The molecule has 0 saturated heterocycles. The molecule has 0 aliphatic rings. The van der Waals surface area contributed by atoms with Crippen molar-refractivity contribution in [2.24, 2.45) is 29.1 Å². The van der Waals surface area contributed by atoms with Crippen molar-refractivity contribution in [2.45, 2.75) is 261 Å². The fourth-order valence-corrected chi connectivity index (χ4v) is 8.24. The van der Waals surface area contributed by atoms with E-state index in [1.54, 1.807) is 0 Å². The highest BCUT2D eigenvalue weighted by Crippen LogP contribution is 2.19. The summed E-state index contributed by atoms with van der Waals surface area (Å²) >= 11 is 15.2. The zero-order chi connectivity index (χ0) is 50.6. The van der Waals surface area contributed by atoms with Crippen molar-refractivity contribution in [3.05, 3.63) is 0 Å². The van der Waals surface area contributed by atoms with Crippen LogP contribution >= 0.6 is 50.5 Å². The average Bonchev–Trinajstić information content (AvgIpc) is 3.24. The normalized spacial score (nSPS) is 12.7. The molecule has 0 rings (SSSR count). The number of thiol groups is 4. The quantitative estimate of drug-likeness (QED) is 0.0223. The topological polar surface area (TPSA) is 149 Å². The van der Waals surface area contributed by atoms with Crippen molar-refractivity contribution in [3.8, 4) is 0 Å². The predicted octanol–water partition coefficient (Wildman–Crippen LogP) is 14.8. The molecule has 0 aromatic carbocycles. The highest BCUT2D eigenvalue weighted by molar-refractivity contribution is 7.97. The summed E-state index contributed by atoms with van der Waals surface area (Å²) in [5, 5.41) is 34.1. The summed E-state index contributed by atoms with van der Waals surface area (Å²) in [5.41, 5.74) is -1.11. The van der Waals surface area contributed by atoms with Gasteiger partial charge >= 0.3 is 0 Å². The van der Waals surface area contributed by atoms with Gasteiger partial charge in [-0.1, -0.05) is 235 Å². The molecule has 0 aromatic heterocycles. The number of carbonyl (C=O) groups is 4. The molecule has 0 radical (unpaired) electrons. The Balaban J connectivity index is -0.000000232. The monoisotopic (exact) mass is 1000 g/mol. The van der Waals surface area contributed by atoms with E-state index in [4.69, 9.17) is 20.4 Å². The summed E-state index contributed by atoms with van der Waals surface area (Å²) in [6, 6.07) is 0. The fourth-order valence-electron chi connectivity index (χ4n) is 6.99. The van der Waals surface area contributed by atoms with E-state index in [0.717, 1.165) is 0 Å². The molecule has 4 unspecified atom stereocenters. The van der Waals surface area contributed by atoms with Crippen molar-refractivity contribution in [1.29, 1.82) is 0 Å². The lowest BCUT2D eigenvalue weighted by atomic mass is 9.93. The molecule has 0 fully saturated rings. The number of hydrogen-bond donors (Lipinski definition) is 8. The molecule has 4 N–H and O–H groups in total. The first kappa shape index (κ1) is 73.9. The number of carbonyl (C=O) groups excluding carboxylic acids is 4. The van der Waals surface area contributed by atoms with Crippen LogP contribution in [0.3, 0.4) is 0 Å². The second-order valence-electron chi connectivity index (χ2n) is 19.2. The number of aliphatic hydroxyl groups is 4. The van der Waals surface area contributed by atoms with E-state index < -0.39 is 31.8 Å². The van der Waals surface area contributed by atoms with Crippen molar-refractivity contribution < 1.29 is 39.6 Å². The Bertz CT molecular complexity index is 861. The minimum atomic E-state index is -1.11. The molecule has 8 nitrogen and oxygen atoms in total. The Morgan fingerprint density at radius 3 is 0.600 bits per heavy atom. The van der Waals surface area contributed by atoms with Crippen molar-refractivity contribution >= 4 is 71.0 Å². The summed E-state index contributed by atoms with van der Waals surface area (Å²) < 4.78 is 0. The van der Waals surface area contributed by atoms with Crippen LogP contribution in [0.25, 0.3) is 0 Å². The van der Waals surface area contributed by atoms with Crippen LogP contribution in [0.15, 0.2) is 0 Å². The molecule has 65 heavy (non-hydrogen) atoms. The van der Waals surface area contributed by atoms with Gasteiger partial charge in [0.1, 0.15) is 0 Å². The van der Waals surface area contributed by atoms with Crippen LogP contribution in [-0.2, 0) is 19.2 Å². The van der Waals surface area contributed by atoms with Gasteiger partial charge in [-0.05, 0) is 23.7 Å². The summed E-state index contributed by atoms with van der Waals surface area (Å²) in [4.78, 5) is 42.8. The Morgan fingerprint density at radius 1 is 0.323 bits per heavy atom. The van der Waals surface area contributed by atoms with Crippen LogP contribution in [0.2, 0.25) is 0 Å². The highest BCUT2D eigenvalue weighted by atomic mass is 32.1. The Labute approximate surface area is 424 Å². The van der Waals surface area contributed by atoms with Crippen LogP contribution in [-0.4, -0.2) is 67.3 Å². The van der Waals surface area contributed by atoms with Crippen LogP contribution in [0.1, 0.15) is 261 Å². The lowest BCUT2D eigenvalue weighted by molar-refractivity contribution is -0.112. The first-order valence-corrected chi connectivity index (χ1v) is 28.0. The summed E-state index contributed by atoms with van der Waals surface area (Å²) in [7, 11) is 0. The molecule has 0 aliphatic heterocycles. The zero-order valence-electron chi connectivity index (χ0n) is 43.5. The fraction of sp³-hybridized carbons (Fsp3) is 0.925. The highest BCUT2D eigenvalue weighted by Gasteiger charge is 2.26. The number of hydrogen-bond acceptors (Lipinski definition) is 8. The molecule has 0 amide bonds. The molecule has 0 bridgehead atoms. The van der Waals surface area contributed by atoms with Gasteiger partial charge in [0.05, 0.1) is 31.8 Å². The number of unbranched alkanes of at least 4 members (excludes halogenated alkanes) is 20. The molecule has 0 aromatic rings. The van der Waals surface area contributed by atoms with E-state index in [0.29, 0.717) is 49.4 Å². The summed E-state index contributed by atoms with van der Waals surface area (Å²) in [6.07, 6.45) is 39.3. The third-order valence-electron chi connectivity index (χ3n) is 11.6. The molecule has 392 valence electrons. The smallest absolute Gasteiger partial charge is 0.186 e. The van der Waals surface area contributed by atoms with Crippen LogP contribution in [0, 0.1) is 29.1 Å². The van der Waals surface area contributed by atoms with Gasteiger partial charge in [-0.3, -0.25) is 19.2 Å². The number of aliphatic hydroxyl groups excluding tert-OH is 4. The van der Waals surface area contributed by atoms with E-state index in [1.165, 1.54) is 180 Å². The van der Waals surface area contributed by atoms with Crippen LogP contribution in [0.5, 0.6) is 0 Å². The molecule has 0 saturated carbocycles. The lowest BCUT2D eigenvalue weighted by Crippen LogP contribution is -2.37. The van der Waals surface area contributed by atoms with Gasteiger partial charge in [0.2, 0.25) is 0 Å².